The van der Waals surface area contributed by atoms with Gasteiger partial charge in [-0.25, -0.2) is 13.4 Å². The van der Waals surface area contributed by atoms with E-state index in [0.717, 1.165) is 39.6 Å². The van der Waals surface area contributed by atoms with E-state index in [4.69, 9.17) is 4.74 Å². The molecule has 2 aromatic carbocycles. The second kappa shape index (κ2) is 10.1. The highest BCUT2D eigenvalue weighted by molar-refractivity contribution is 7.89. The van der Waals surface area contributed by atoms with E-state index in [0.29, 0.717) is 11.5 Å². The summed E-state index contributed by atoms with van der Waals surface area (Å²) in [5.41, 5.74) is 5.25. The smallest absolute Gasteiger partial charge is 0.243 e. The van der Waals surface area contributed by atoms with Crippen LogP contribution in [-0.4, -0.2) is 23.7 Å². The van der Waals surface area contributed by atoms with Crippen molar-refractivity contribution in [2.24, 2.45) is 0 Å². The summed E-state index contributed by atoms with van der Waals surface area (Å²) in [4.78, 5) is 4.98. The van der Waals surface area contributed by atoms with E-state index in [9.17, 15) is 8.42 Å². The van der Waals surface area contributed by atoms with Crippen LogP contribution >= 0.6 is 11.3 Å². The third kappa shape index (κ3) is 5.57. The van der Waals surface area contributed by atoms with Crippen LogP contribution in [0.5, 0.6) is 5.75 Å². The average molecular weight is 473 g/mol. The van der Waals surface area contributed by atoms with Crippen molar-refractivity contribution in [1.29, 1.82) is 0 Å². The van der Waals surface area contributed by atoms with Crippen molar-refractivity contribution in [3.63, 3.8) is 0 Å². The molecule has 1 heterocycles. The zero-order valence-corrected chi connectivity index (χ0v) is 21.3. The SMILES string of the molecule is CCC(C)N(Cc1csc(COc2cc(C)cc(C)c2C)n1)S(=O)(=O)c1ccc(C)cc1. The molecule has 0 aliphatic heterocycles. The van der Waals surface area contributed by atoms with Gasteiger partial charge in [-0.15, -0.1) is 11.3 Å². The molecule has 3 rings (SSSR count). The Balaban J connectivity index is 1.77. The second-order valence-electron chi connectivity index (χ2n) is 8.35. The van der Waals surface area contributed by atoms with Gasteiger partial charge >= 0.3 is 0 Å². The summed E-state index contributed by atoms with van der Waals surface area (Å²) in [5, 5.41) is 2.75. The lowest BCUT2D eigenvalue weighted by Gasteiger charge is -2.27. The number of aryl methyl sites for hydroxylation is 3. The molecule has 0 aliphatic rings. The van der Waals surface area contributed by atoms with Gasteiger partial charge in [-0.3, -0.25) is 0 Å². The molecular formula is C25H32N2O3S2. The number of aromatic nitrogens is 1. The number of hydrogen-bond donors (Lipinski definition) is 0. The fourth-order valence-corrected chi connectivity index (χ4v) is 5.84. The molecule has 0 saturated heterocycles. The molecule has 7 heteroatoms. The highest BCUT2D eigenvalue weighted by Gasteiger charge is 2.29. The highest BCUT2D eigenvalue weighted by Crippen LogP contribution is 2.26. The van der Waals surface area contributed by atoms with Crippen LogP contribution in [0, 0.1) is 27.7 Å². The molecule has 0 aliphatic carbocycles. The Morgan fingerprint density at radius 1 is 1.06 bits per heavy atom. The lowest BCUT2D eigenvalue weighted by atomic mass is 10.1. The van der Waals surface area contributed by atoms with E-state index in [1.807, 2.05) is 44.4 Å². The first-order valence-corrected chi connectivity index (χ1v) is 13.2. The second-order valence-corrected chi connectivity index (χ2v) is 11.2. The van der Waals surface area contributed by atoms with Crippen LogP contribution in [0.15, 0.2) is 46.7 Å². The molecule has 0 spiro atoms. The minimum absolute atomic E-state index is 0.138. The summed E-state index contributed by atoms with van der Waals surface area (Å²) in [7, 11) is -3.62. The molecular weight excluding hydrogens is 440 g/mol. The van der Waals surface area contributed by atoms with Crippen molar-refractivity contribution in [2.45, 2.75) is 72.1 Å². The first kappa shape index (κ1) is 24.4. The molecule has 0 radical (unpaired) electrons. The van der Waals surface area contributed by atoms with Gasteiger partial charge in [0.15, 0.2) is 0 Å². The standard InChI is InChI=1S/C25H32N2O3S2/c1-7-20(5)27(32(28,29)23-10-8-17(2)9-11-23)14-22-16-31-25(26-22)15-30-24-13-18(3)12-19(4)21(24)6/h8-13,16,20H,7,14-15H2,1-6H3. The molecule has 172 valence electrons. The maximum Gasteiger partial charge on any atom is 0.243 e. The summed E-state index contributed by atoms with van der Waals surface area (Å²) >= 11 is 1.50. The Morgan fingerprint density at radius 2 is 1.75 bits per heavy atom. The largest absolute Gasteiger partial charge is 0.486 e. The number of nitrogens with zero attached hydrogens (tertiary/aromatic N) is 2. The molecule has 32 heavy (non-hydrogen) atoms. The van der Waals surface area contributed by atoms with Gasteiger partial charge in [0.1, 0.15) is 17.4 Å². The van der Waals surface area contributed by atoms with Gasteiger partial charge in [-0.1, -0.05) is 30.7 Å². The van der Waals surface area contributed by atoms with Gasteiger partial charge < -0.3 is 4.74 Å². The Kier molecular flexibility index (Phi) is 7.75. The van der Waals surface area contributed by atoms with Gasteiger partial charge in [0.25, 0.3) is 0 Å². The Labute approximate surface area is 196 Å². The van der Waals surface area contributed by atoms with Crippen LogP contribution in [0.25, 0.3) is 0 Å². The van der Waals surface area contributed by atoms with Crippen LogP contribution in [0.2, 0.25) is 0 Å². The molecule has 0 bridgehead atoms. The van der Waals surface area contributed by atoms with Crippen molar-refractivity contribution < 1.29 is 13.2 Å². The van der Waals surface area contributed by atoms with Crippen molar-refractivity contribution in [2.75, 3.05) is 0 Å². The van der Waals surface area contributed by atoms with Crippen LogP contribution in [0.4, 0.5) is 0 Å². The Morgan fingerprint density at radius 3 is 2.41 bits per heavy atom. The lowest BCUT2D eigenvalue weighted by molar-refractivity contribution is 0.300. The molecule has 1 atom stereocenters. The third-order valence-electron chi connectivity index (χ3n) is 5.74. The van der Waals surface area contributed by atoms with E-state index in [1.165, 1.54) is 16.9 Å². The molecule has 1 unspecified atom stereocenters. The summed E-state index contributed by atoms with van der Waals surface area (Å²) in [5.74, 6) is 0.863. The maximum atomic E-state index is 13.3. The molecule has 0 N–H and O–H groups in total. The van der Waals surface area contributed by atoms with E-state index < -0.39 is 10.0 Å². The number of hydrogen-bond acceptors (Lipinski definition) is 5. The normalized spacial score (nSPS) is 12.8. The van der Waals surface area contributed by atoms with Crippen LogP contribution < -0.4 is 4.74 Å². The summed E-state index contributed by atoms with van der Waals surface area (Å²) in [6.45, 7) is 12.7. The van der Waals surface area contributed by atoms with Crippen LogP contribution in [0.1, 0.15) is 53.2 Å². The molecule has 5 nitrogen and oxygen atoms in total. The minimum Gasteiger partial charge on any atom is -0.486 e. The monoisotopic (exact) mass is 472 g/mol. The van der Waals surface area contributed by atoms with E-state index in [-0.39, 0.29) is 12.6 Å². The van der Waals surface area contributed by atoms with E-state index >= 15 is 0 Å². The van der Waals surface area contributed by atoms with Gasteiger partial charge in [0.05, 0.1) is 17.1 Å². The van der Waals surface area contributed by atoms with Gasteiger partial charge in [-0.2, -0.15) is 4.31 Å². The van der Waals surface area contributed by atoms with E-state index in [1.54, 1.807) is 16.4 Å². The fourth-order valence-electron chi connectivity index (χ4n) is 3.46. The fraction of sp³-hybridized carbons (Fsp3) is 0.400. The number of thiazole rings is 1. The Hall–Kier alpha value is -2.22. The minimum atomic E-state index is -3.62. The summed E-state index contributed by atoms with van der Waals surface area (Å²) in [6, 6.07) is 11.0. The van der Waals surface area contributed by atoms with E-state index in [2.05, 4.69) is 31.8 Å². The van der Waals surface area contributed by atoms with Gasteiger partial charge in [0, 0.05) is 11.4 Å². The molecule has 0 fully saturated rings. The van der Waals surface area contributed by atoms with Gasteiger partial charge in [0.2, 0.25) is 10.0 Å². The van der Waals surface area contributed by atoms with Crippen LogP contribution in [0.3, 0.4) is 0 Å². The van der Waals surface area contributed by atoms with Gasteiger partial charge in [-0.05, 0) is 75.9 Å². The lowest BCUT2D eigenvalue weighted by Crippen LogP contribution is -2.37. The van der Waals surface area contributed by atoms with Crippen molar-refractivity contribution in [1.82, 2.24) is 9.29 Å². The summed E-state index contributed by atoms with van der Waals surface area (Å²) < 4.78 is 34.3. The van der Waals surface area contributed by atoms with Crippen molar-refractivity contribution in [3.8, 4) is 5.75 Å². The molecule has 3 aromatic rings. The molecule has 1 aromatic heterocycles. The number of benzene rings is 2. The first-order valence-electron chi connectivity index (χ1n) is 10.8. The van der Waals surface area contributed by atoms with Crippen molar-refractivity contribution >= 4 is 21.4 Å². The highest BCUT2D eigenvalue weighted by atomic mass is 32.2. The molecule has 0 saturated carbocycles. The Bertz CT molecular complexity index is 1170. The maximum absolute atomic E-state index is 13.3. The number of sulfonamides is 1. The predicted molar refractivity (Wildman–Crippen MR) is 131 cm³/mol. The third-order valence-corrected chi connectivity index (χ3v) is 8.59. The molecule has 0 amide bonds. The topological polar surface area (TPSA) is 59.5 Å². The number of rotatable bonds is 9. The van der Waals surface area contributed by atoms with Crippen molar-refractivity contribution in [3.05, 3.63) is 74.7 Å². The average Bonchev–Trinajstić information content (AvgIpc) is 3.20. The quantitative estimate of drug-likeness (QED) is 0.386. The summed E-state index contributed by atoms with van der Waals surface area (Å²) in [6.07, 6.45) is 0.719. The first-order chi connectivity index (χ1) is 15.1. The zero-order valence-electron chi connectivity index (χ0n) is 19.7. The zero-order chi connectivity index (χ0) is 23.5. The van der Waals surface area contributed by atoms with Crippen LogP contribution in [-0.2, 0) is 23.2 Å². The predicted octanol–water partition coefficient (Wildman–Crippen LogP) is 5.95. The number of ether oxygens (including phenoxy) is 1.